The van der Waals surface area contributed by atoms with Crippen LogP contribution in [0.2, 0.25) is 0 Å². The smallest absolute Gasteiger partial charge is 0 e. The van der Waals surface area contributed by atoms with E-state index in [2.05, 4.69) is 24.3 Å². The summed E-state index contributed by atoms with van der Waals surface area (Å²) in [4.78, 5) is 0. The largest absolute Gasteiger partial charge is 0.0808 e. The number of rotatable bonds is 0. The summed E-state index contributed by atoms with van der Waals surface area (Å²) in [6.07, 6.45) is 9.50. The van der Waals surface area contributed by atoms with Gasteiger partial charge < -0.3 is 0 Å². The van der Waals surface area contributed by atoms with Crippen LogP contribution in [0.15, 0.2) is 24.3 Å². The quantitative estimate of drug-likeness (QED) is 0.528. The van der Waals surface area contributed by atoms with Gasteiger partial charge in [0.2, 0.25) is 0 Å². The van der Waals surface area contributed by atoms with Crippen LogP contribution in [-0.2, 0) is 17.1 Å². The summed E-state index contributed by atoms with van der Waals surface area (Å²) in [5.41, 5.74) is 0. The monoisotopic (exact) mass is 201 g/mol. The molecular formula is C5H6BrFe. The first kappa shape index (κ1) is 10.5. The minimum Gasteiger partial charge on any atom is -0.0808 e. The molecule has 0 spiro atoms. The van der Waals surface area contributed by atoms with Crippen LogP contribution >= 0.6 is 17.0 Å². The molecule has 0 saturated heterocycles. The van der Waals surface area contributed by atoms with Crippen LogP contribution in [0.1, 0.15) is 6.42 Å². The van der Waals surface area contributed by atoms with Gasteiger partial charge >= 0.3 is 0 Å². The number of halogens is 1. The zero-order valence-electron chi connectivity index (χ0n) is 3.75. The zero-order valence-corrected chi connectivity index (χ0v) is 6.44. The molecule has 0 amide bonds. The molecule has 0 bridgehead atoms. The van der Waals surface area contributed by atoms with Crippen molar-refractivity contribution in [3.05, 3.63) is 24.3 Å². The molecule has 0 unspecified atom stereocenters. The topological polar surface area (TPSA) is 0 Å². The SMILES string of the molecule is C1=CCC=C1.[Br].[Fe]. The van der Waals surface area contributed by atoms with Gasteiger partial charge in [0.15, 0.2) is 0 Å². The Morgan fingerprint density at radius 1 is 1.00 bits per heavy atom. The zero-order chi connectivity index (χ0) is 3.54. The summed E-state index contributed by atoms with van der Waals surface area (Å²) >= 11 is 0. The van der Waals surface area contributed by atoms with Gasteiger partial charge in [-0.25, -0.2) is 0 Å². The maximum absolute atomic E-state index is 2.12. The minimum absolute atomic E-state index is 0. The molecule has 7 heavy (non-hydrogen) atoms. The standard InChI is InChI=1S/C5H6.Br.Fe/c1-2-4-5-3-1;;/h1-4H,5H2;;. The van der Waals surface area contributed by atoms with E-state index in [0.717, 1.165) is 6.42 Å². The fourth-order valence-corrected chi connectivity index (χ4v) is 0.393. The van der Waals surface area contributed by atoms with Gasteiger partial charge in [0.25, 0.3) is 0 Å². The number of hydrogen-bond donors (Lipinski definition) is 0. The molecule has 0 aromatic heterocycles. The molecule has 1 aliphatic rings. The Morgan fingerprint density at radius 2 is 1.43 bits per heavy atom. The Morgan fingerprint density at radius 3 is 1.57 bits per heavy atom. The van der Waals surface area contributed by atoms with Gasteiger partial charge in [-0.3, -0.25) is 0 Å². The number of allylic oxidation sites excluding steroid dienone is 4. The first-order valence-corrected chi connectivity index (χ1v) is 1.82. The van der Waals surface area contributed by atoms with Crippen LogP contribution < -0.4 is 0 Å². The van der Waals surface area contributed by atoms with E-state index in [9.17, 15) is 0 Å². The second kappa shape index (κ2) is 6.48. The van der Waals surface area contributed by atoms with Crippen LogP contribution in [0.3, 0.4) is 0 Å². The van der Waals surface area contributed by atoms with Gasteiger partial charge in [0.05, 0.1) is 0 Å². The molecule has 1 radical (unpaired) electrons. The Kier molecular flexibility index (Phi) is 9.68. The summed E-state index contributed by atoms with van der Waals surface area (Å²) in [5, 5.41) is 0. The van der Waals surface area contributed by atoms with Crippen LogP contribution in [0, 0.1) is 0 Å². The average Bonchev–Trinajstić information content (AvgIpc) is 1.76. The van der Waals surface area contributed by atoms with Crippen molar-refractivity contribution in [2.45, 2.75) is 6.42 Å². The maximum Gasteiger partial charge on any atom is 0 e. The Hall–Kier alpha value is 0.479. The predicted molar refractivity (Wildman–Crippen MR) is 31.8 cm³/mol. The third kappa shape index (κ3) is 4.33. The van der Waals surface area contributed by atoms with Crippen molar-refractivity contribution >= 4 is 17.0 Å². The molecule has 0 heterocycles. The fraction of sp³-hybridized carbons (Fsp3) is 0.200. The van der Waals surface area contributed by atoms with E-state index < -0.39 is 0 Å². The van der Waals surface area contributed by atoms with E-state index in [1.54, 1.807) is 0 Å². The van der Waals surface area contributed by atoms with E-state index >= 15 is 0 Å². The molecule has 0 aliphatic heterocycles. The molecule has 0 N–H and O–H groups in total. The van der Waals surface area contributed by atoms with E-state index in [-0.39, 0.29) is 34.1 Å². The van der Waals surface area contributed by atoms with E-state index in [0.29, 0.717) is 0 Å². The third-order valence-electron chi connectivity index (χ3n) is 0.655. The molecule has 1 aliphatic carbocycles. The predicted octanol–water partition coefficient (Wildman–Crippen LogP) is 2.35. The van der Waals surface area contributed by atoms with Gasteiger partial charge in [-0.2, -0.15) is 0 Å². The van der Waals surface area contributed by atoms with Crippen molar-refractivity contribution in [3.8, 4) is 0 Å². The minimum atomic E-state index is 0. The first-order valence-electron chi connectivity index (χ1n) is 1.82. The Bertz CT molecular complexity index is 66.1. The normalized spacial score (nSPS) is 12.6. The molecule has 0 aromatic carbocycles. The van der Waals surface area contributed by atoms with E-state index in [1.807, 2.05) is 0 Å². The third-order valence-corrected chi connectivity index (χ3v) is 0.655. The van der Waals surface area contributed by atoms with Crippen molar-refractivity contribution in [2.75, 3.05) is 0 Å². The first-order chi connectivity index (χ1) is 2.50. The van der Waals surface area contributed by atoms with E-state index in [4.69, 9.17) is 0 Å². The summed E-state index contributed by atoms with van der Waals surface area (Å²) in [6, 6.07) is 0. The molecule has 2 heteroatoms. The maximum atomic E-state index is 2.12. The van der Waals surface area contributed by atoms with Gasteiger partial charge in [0.1, 0.15) is 0 Å². The molecule has 1 rings (SSSR count). The fourth-order valence-electron chi connectivity index (χ4n) is 0.393. The average molecular weight is 202 g/mol. The van der Waals surface area contributed by atoms with Crippen molar-refractivity contribution in [3.63, 3.8) is 0 Å². The summed E-state index contributed by atoms with van der Waals surface area (Å²) in [6.45, 7) is 0. The van der Waals surface area contributed by atoms with Crippen molar-refractivity contribution in [1.82, 2.24) is 0 Å². The van der Waals surface area contributed by atoms with Crippen LogP contribution in [0.5, 0.6) is 0 Å². The molecular weight excluding hydrogens is 196 g/mol. The van der Waals surface area contributed by atoms with Gasteiger partial charge in [0, 0.05) is 34.1 Å². The molecule has 0 atom stereocenters. The second-order valence-corrected chi connectivity index (χ2v) is 1.09. The second-order valence-electron chi connectivity index (χ2n) is 1.09. The van der Waals surface area contributed by atoms with Crippen LogP contribution in [-0.4, -0.2) is 0 Å². The van der Waals surface area contributed by atoms with Crippen molar-refractivity contribution in [2.24, 2.45) is 0 Å². The van der Waals surface area contributed by atoms with Crippen molar-refractivity contribution in [1.29, 1.82) is 0 Å². The summed E-state index contributed by atoms with van der Waals surface area (Å²) in [7, 11) is 0. The van der Waals surface area contributed by atoms with E-state index in [1.165, 1.54) is 0 Å². The molecule has 0 aromatic rings. The Labute approximate surface area is 64.9 Å². The Balaban J connectivity index is 0. The molecule has 41 valence electrons. The van der Waals surface area contributed by atoms with Gasteiger partial charge in [-0.1, -0.05) is 24.3 Å². The molecule has 0 saturated carbocycles. The summed E-state index contributed by atoms with van der Waals surface area (Å²) in [5.74, 6) is 0. The molecule has 0 nitrogen and oxygen atoms in total. The van der Waals surface area contributed by atoms with Gasteiger partial charge in [-0.05, 0) is 6.42 Å². The van der Waals surface area contributed by atoms with Gasteiger partial charge in [-0.15, -0.1) is 0 Å². The van der Waals surface area contributed by atoms with Crippen molar-refractivity contribution < 1.29 is 17.1 Å². The number of hydrogen-bond acceptors (Lipinski definition) is 0. The van der Waals surface area contributed by atoms with Crippen LogP contribution in [0.25, 0.3) is 0 Å². The van der Waals surface area contributed by atoms with Crippen LogP contribution in [0.4, 0.5) is 0 Å². The summed E-state index contributed by atoms with van der Waals surface area (Å²) < 4.78 is 0. The molecule has 0 fully saturated rings.